The van der Waals surface area contributed by atoms with Gasteiger partial charge in [0.2, 0.25) is 0 Å². The molecule has 0 atom stereocenters. The van der Waals surface area contributed by atoms with E-state index in [2.05, 4.69) is 0 Å². The van der Waals surface area contributed by atoms with Crippen molar-refractivity contribution in [3.05, 3.63) is 17.7 Å². The van der Waals surface area contributed by atoms with Crippen LogP contribution in [0.15, 0.2) is 17.0 Å². The van der Waals surface area contributed by atoms with E-state index in [9.17, 15) is 8.42 Å². The van der Waals surface area contributed by atoms with Gasteiger partial charge in [0.1, 0.15) is 11.5 Å². The molecule has 17 heavy (non-hydrogen) atoms. The maximum absolute atomic E-state index is 11.4. The van der Waals surface area contributed by atoms with E-state index in [1.54, 1.807) is 12.1 Å². The molecule has 7 heteroatoms. The van der Waals surface area contributed by atoms with Gasteiger partial charge in [-0.2, -0.15) is 0 Å². The Morgan fingerprint density at radius 2 is 1.59 bits per heavy atom. The molecule has 0 unspecified atom stereocenters. The van der Waals surface area contributed by atoms with Crippen molar-refractivity contribution in [2.24, 2.45) is 0 Å². The molecule has 0 N–H and O–H groups in total. The minimum absolute atomic E-state index is 0.131. The van der Waals surface area contributed by atoms with Gasteiger partial charge in [-0.05, 0) is 17.7 Å². The van der Waals surface area contributed by atoms with Gasteiger partial charge in [-0.1, -0.05) is 0 Å². The lowest BCUT2D eigenvalue weighted by molar-refractivity contribution is 0.184. The molecule has 1 rings (SSSR count). The summed E-state index contributed by atoms with van der Waals surface area (Å²) in [6.45, 7) is 0.315. The van der Waals surface area contributed by atoms with Crippen LogP contribution in [0, 0.1) is 0 Å². The van der Waals surface area contributed by atoms with Crippen LogP contribution in [-0.4, -0.2) is 29.7 Å². The first-order valence-corrected chi connectivity index (χ1v) is 6.93. The Bertz CT molecular complexity index is 472. The third kappa shape index (κ3) is 3.24. The molecule has 0 saturated heterocycles. The van der Waals surface area contributed by atoms with Gasteiger partial charge in [0.05, 0.1) is 20.8 Å². The van der Waals surface area contributed by atoms with E-state index in [1.165, 1.54) is 21.3 Å². The quantitative estimate of drug-likeness (QED) is 0.770. The molecule has 0 heterocycles. The Labute approximate surface area is 105 Å². The Balaban J connectivity index is 3.47. The Morgan fingerprint density at radius 1 is 1.12 bits per heavy atom. The van der Waals surface area contributed by atoms with Crippen LogP contribution in [0.3, 0.4) is 0 Å². The van der Waals surface area contributed by atoms with E-state index >= 15 is 0 Å². The largest absolute Gasteiger partial charge is 0.495 e. The lowest BCUT2D eigenvalue weighted by Crippen LogP contribution is -2.02. The minimum Gasteiger partial charge on any atom is -0.495 e. The zero-order valence-electron chi connectivity index (χ0n) is 9.69. The van der Waals surface area contributed by atoms with E-state index in [0.717, 1.165) is 5.56 Å². The molecule has 0 bridgehead atoms. The van der Waals surface area contributed by atoms with Crippen molar-refractivity contribution in [3.8, 4) is 11.5 Å². The van der Waals surface area contributed by atoms with Crippen LogP contribution < -0.4 is 9.47 Å². The van der Waals surface area contributed by atoms with Crippen LogP contribution in [0.1, 0.15) is 5.56 Å². The molecule has 96 valence electrons. The molecule has 0 radical (unpaired) electrons. The summed E-state index contributed by atoms with van der Waals surface area (Å²) >= 11 is 0. The molecule has 0 aliphatic rings. The maximum Gasteiger partial charge on any atom is 0.268 e. The van der Waals surface area contributed by atoms with Gasteiger partial charge < -0.3 is 14.2 Å². The SMILES string of the molecule is COCc1cc(OC)c(S(=O)(=O)Cl)c(OC)c1. The average Bonchev–Trinajstić information content (AvgIpc) is 2.26. The molecule has 0 aliphatic carbocycles. The van der Waals surface area contributed by atoms with E-state index in [0.29, 0.717) is 6.61 Å². The molecular weight excluding hydrogens is 268 g/mol. The topological polar surface area (TPSA) is 61.8 Å². The van der Waals surface area contributed by atoms with Crippen molar-refractivity contribution in [3.63, 3.8) is 0 Å². The smallest absolute Gasteiger partial charge is 0.268 e. The van der Waals surface area contributed by atoms with Crippen molar-refractivity contribution in [1.29, 1.82) is 0 Å². The Kier molecular flexibility index (Phi) is 4.62. The highest BCUT2D eigenvalue weighted by molar-refractivity contribution is 8.13. The summed E-state index contributed by atoms with van der Waals surface area (Å²) in [7, 11) is 5.65. The summed E-state index contributed by atoms with van der Waals surface area (Å²) in [6.07, 6.45) is 0. The normalized spacial score (nSPS) is 11.3. The number of hydrogen-bond acceptors (Lipinski definition) is 5. The molecule has 1 aromatic rings. The monoisotopic (exact) mass is 280 g/mol. The van der Waals surface area contributed by atoms with Crippen LogP contribution in [0.4, 0.5) is 0 Å². The first kappa shape index (κ1) is 14.1. The fraction of sp³-hybridized carbons (Fsp3) is 0.400. The molecule has 0 aromatic heterocycles. The first-order valence-electron chi connectivity index (χ1n) is 4.62. The summed E-state index contributed by atoms with van der Waals surface area (Å²) in [5, 5.41) is 0. The van der Waals surface area contributed by atoms with Gasteiger partial charge in [-0.3, -0.25) is 0 Å². The second-order valence-electron chi connectivity index (χ2n) is 3.20. The molecule has 0 aliphatic heterocycles. The lowest BCUT2D eigenvalue weighted by Gasteiger charge is -2.12. The summed E-state index contributed by atoms with van der Waals surface area (Å²) in [6, 6.07) is 3.09. The highest BCUT2D eigenvalue weighted by Crippen LogP contribution is 2.36. The van der Waals surface area contributed by atoms with Crippen molar-refractivity contribution in [1.82, 2.24) is 0 Å². The second-order valence-corrected chi connectivity index (χ2v) is 5.70. The van der Waals surface area contributed by atoms with Gasteiger partial charge in [-0.15, -0.1) is 0 Å². The average molecular weight is 281 g/mol. The van der Waals surface area contributed by atoms with E-state index in [4.69, 9.17) is 24.9 Å². The minimum atomic E-state index is -3.94. The number of rotatable bonds is 5. The first-order chi connectivity index (χ1) is 7.93. The molecule has 0 saturated carbocycles. The molecule has 0 amide bonds. The van der Waals surface area contributed by atoms with Crippen LogP contribution in [0.5, 0.6) is 11.5 Å². The number of halogens is 1. The predicted octanol–water partition coefficient (Wildman–Crippen LogP) is 1.78. The van der Waals surface area contributed by atoms with Gasteiger partial charge in [0.25, 0.3) is 9.05 Å². The number of methoxy groups -OCH3 is 3. The van der Waals surface area contributed by atoms with Crippen LogP contribution in [0.25, 0.3) is 0 Å². The zero-order valence-corrected chi connectivity index (χ0v) is 11.3. The Morgan fingerprint density at radius 3 is 1.88 bits per heavy atom. The summed E-state index contributed by atoms with van der Waals surface area (Å²) in [5.74, 6) is 0.262. The molecular formula is C10H13ClO5S. The predicted molar refractivity (Wildman–Crippen MR) is 63.3 cm³/mol. The third-order valence-electron chi connectivity index (χ3n) is 2.08. The maximum atomic E-state index is 11.4. The summed E-state index contributed by atoms with van der Waals surface area (Å²) < 4.78 is 37.8. The van der Waals surface area contributed by atoms with E-state index < -0.39 is 9.05 Å². The summed E-state index contributed by atoms with van der Waals surface area (Å²) in [5.41, 5.74) is 0.727. The highest BCUT2D eigenvalue weighted by Gasteiger charge is 2.23. The highest BCUT2D eigenvalue weighted by atomic mass is 35.7. The molecule has 0 spiro atoms. The summed E-state index contributed by atoms with van der Waals surface area (Å²) in [4.78, 5) is -0.177. The van der Waals surface area contributed by atoms with Gasteiger partial charge in [0.15, 0.2) is 4.90 Å². The lowest BCUT2D eigenvalue weighted by atomic mass is 10.2. The standard InChI is InChI=1S/C10H13ClO5S/c1-14-6-7-4-8(15-2)10(17(11,12)13)9(5-7)16-3/h4-5H,6H2,1-3H3. The number of benzene rings is 1. The number of ether oxygens (including phenoxy) is 3. The van der Waals surface area contributed by atoms with Crippen LogP contribution >= 0.6 is 10.7 Å². The zero-order chi connectivity index (χ0) is 13.1. The van der Waals surface area contributed by atoms with E-state index in [1.807, 2.05) is 0 Å². The van der Waals surface area contributed by atoms with Crippen molar-refractivity contribution < 1.29 is 22.6 Å². The van der Waals surface area contributed by atoms with Crippen molar-refractivity contribution in [2.45, 2.75) is 11.5 Å². The molecule has 0 fully saturated rings. The van der Waals surface area contributed by atoms with E-state index in [-0.39, 0.29) is 16.4 Å². The Hall–Kier alpha value is -0.980. The fourth-order valence-electron chi connectivity index (χ4n) is 1.42. The molecule has 1 aromatic carbocycles. The van der Waals surface area contributed by atoms with Gasteiger partial charge in [-0.25, -0.2) is 8.42 Å². The fourth-order valence-corrected chi connectivity index (χ4v) is 2.65. The van der Waals surface area contributed by atoms with Crippen molar-refractivity contribution >= 4 is 19.7 Å². The van der Waals surface area contributed by atoms with Crippen molar-refractivity contribution in [2.75, 3.05) is 21.3 Å². The van der Waals surface area contributed by atoms with Gasteiger partial charge in [0, 0.05) is 17.8 Å². The third-order valence-corrected chi connectivity index (χ3v) is 3.43. The molecule has 5 nitrogen and oxygen atoms in total. The van der Waals surface area contributed by atoms with Gasteiger partial charge >= 0.3 is 0 Å². The van der Waals surface area contributed by atoms with Crippen LogP contribution in [-0.2, 0) is 20.4 Å². The number of hydrogen-bond donors (Lipinski definition) is 0. The second kappa shape index (κ2) is 5.57. The van der Waals surface area contributed by atoms with Crippen LogP contribution in [0.2, 0.25) is 0 Å².